The Bertz CT molecular complexity index is 1090. The van der Waals surface area contributed by atoms with Crippen LogP contribution in [0.2, 0.25) is 0 Å². The van der Waals surface area contributed by atoms with Crippen LogP contribution < -0.4 is 0 Å². The summed E-state index contributed by atoms with van der Waals surface area (Å²) in [7, 11) is -3.33. The van der Waals surface area contributed by atoms with Crippen molar-refractivity contribution in [2.45, 2.75) is 22.6 Å². The summed E-state index contributed by atoms with van der Waals surface area (Å²) in [6.45, 7) is 1.79. The molecule has 2 atom stereocenters. The number of furan rings is 1. The Balaban J connectivity index is 1.46. The Hall–Kier alpha value is -2.44. The molecule has 0 spiro atoms. The summed E-state index contributed by atoms with van der Waals surface area (Å²) in [5.74, 6) is 0.430. The number of likely N-dealkylation sites (tertiary alicyclic amines) is 1. The minimum Gasteiger partial charge on any atom is -0.464 e. The Labute approximate surface area is 157 Å². The largest absolute Gasteiger partial charge is 0.464 e. The lowest BCUT2D eigenvalue weighted by molar-refractivity contribution is 0.325. The number of nitrogens with zero attached hydrogens (tertiary/aromatic N) is 1. The second-order valence-electron chi connectivity index (χ2n) is 7.24. The molecule has 1 saturated heterocycles. The van der Waals surface area contributed by atoms with E-state index in [1.807, 2.05) is 24.3 Å². The van der Waals surface area contributed by atoms with Crippen LogP contribution in [0.4, 0.5) is 4.39 Å². The Kier molecular flexibility index (Phi) is 3.74. The highest BCUT2D eigenvalue weighted by Gasteiger charge is 2.50. The summed E-state index contributed by atoms with van der Waals surface area (Å²) >= 11 is 0. The van der Waals surface area contributed by atoms with Crippen LogP contribution in [0.3, 0.4) is 0 Å². The fourth-order valence-corrected chi connectivity index (χ4v) is 6.49. The van der Waals surface area contributed by atoms with Gasteiger partial charge in [0.15, 0.2) is 9.84 Å². The second-order valence-corrected chi connectivity index (χ2v) is 9.38. The lowest BCUT2D eigenvalue weighted by atomic mass is 9.96. The van der Waals surface area contributed by atoms with Gasteiger partial charge in [-0.15, -0.1) is 0 Å². The van der Waals surface area contributed by atoms with Gasteiger partial charge in [-0.1, -0.05) is 12.1 Å². The van der Waals surface area contributed by atoms with Crippen molar-refractivity contribution < 1.29 is 17.2 Å². The van der Waals surface area contributed by atoms with Crippen LogP contribution in [0.15, 0.2) is 70.2 Å². The topological polar surface area (TPSA) is 50.5 Å². The Morgan fingerprint density at radius 3 is 2.63 bits per heavy atom. The van der Waals surface area contributed by atoms with Crippen LogP contribution >= 0.6 is 0 Å². The zero-order valence-corrected chi connectivity index (χ0v) is 15.3. The highest BCUT2D eigenvalue weighted by molar-refractivity contribution is 7.92. The third-order valence-corrected chi connectivity index (χ3v) is 7.84. The molecule has 0 bridgehead atoms. The molecule has 0 unspecified atom stereocenters. The predicted octanol–water partition coefficient (Wildman–Crippen LogP) is 3.84. The van der Waals surface area contributed by atoms with Gasteiger partial charge in [0.05, 0.1) is 16.4 Å². The molecule has 2 aromatic carbocycles. The fraction of sp³-hybridized carbons (Fsp3) is 0.238. The molecule has 0 aliphatic carbocycles. The first-order valence-electron chi connectivity index (χ1n) is 8.91. The van der Waals surface area contributed by atoms with Crippen LogP contribution in [-0.2, 0) is 16.4 Å². The van der Waals surface area contributed by atoms with E-state index in [9.17, 15) is 12.8 Å². The molecule has 0 saturated carbocycles. The standard InChI is InChI=1S/C21H18FNO3S/c22-16-6-3-14(4-7-16)11-23-12-18-17-10-15(19-2-1-9-26-19)5-8-20(17)27(24,25)21(18)13-23/h1-10,18,21H,11-13H2/t18-,21-/m0/s1. The zero-order valence-electron chi connectivity index (χ0n) is 14.5. The van der Waals surface area contributed by atoms with E-state index in [0.717, 1.165) is 22.5 Å². The van der Waals surface area contributed by atoms with E-state index in [-0.39, 0.29) is 11.7 Å². The average molecular weight is 383 g/mol. The highest BCUT2D eigenvalue weighted by atomic mass is 32.2. The molecule has 6 heteroatoms. The highest BCUT2D eigenvalue weighted by Crippen LogP contribution is 2.46. The number of benzene rings is 2. The molecule has 2 aliphatic heterocycles. The summed E-state index contributed by atoms with van der Waals surface area (Å²) in [5, 5.41) is -0.417. The van der Waals surface area contributed by atoms with Crippen molar-refractivity contribution in [1.29, 1.82) is 0 Å². The SMILES string of the molecule is O=S1(=O)c2ccc(-c3ccco3)cc2[C@@H]2CN(Cc3ccc(F)cc3)C[C@@H]21. The molecule has 138 valence electrons. The normalized spacial score (nSPS) is 23.3. The van der Waals surface area contributed by atoms with Crippen molar-refractivity contribution in [3.05, 3.63) is 77.8 Å². The Morgan fingerprint density at radius 2 is 1.89 bits per heavy atom. The predicted molar refractivity (Wildman–Crippen MR) is 99.5 cm³/mol. The molecule has 0 radical (unpaired) electrons. The maximum atomic E-state index is 13.1. The maximum absolute atomic E-state index is 13.1. The van der Waals surface area contributed by atoms with E-state index in [4.69, 9.17) is 4.42 Å². The van der Waals surface area contributed by atoms with E-state index in [1.165, 1.54) is 12.1 Å². The number of halogens is 1. The molecule has 3 aromatic rings. The molecule has 4 nitrogen and oxygen atoms in total. The van der Waals surface area contributed by atoms with Crippen molar-refractivity contribution in [3.8, 4) is 11.3 Å². The van der Waals surface area contributed by atoms with Crippen LogP contribution in [-0.4, -0.2) is 31.7 Å². The van der Waals surface area contributed by atoms with Crippen LogP contribution in [0.1, 0.15) is 17.0 Å². The molecule has 1 fully saturated rings. The zero-order chi connectivity index (χ0) is 18.6. The number of rotatable bonds is 3. The van der Waals surface area contributed by atoms with Crippen LogP contribution in [0.5, 0.6) is 0 Å². The van der Waals surface area contributed by atoms with E-state index in [1.54, 1.807) is 24.5 Å². The van der Waals surface area contributed by atoms with Gasteiger partial charge in [-0.3, -0.25) is 4.90 Å². The number of sulfone groups is 1. The third-order valence-electron chi connectivity index (χ3n) is 5.58. The quantitative estimate of drug-likeness (QED) is 0.690. The number of hydrogen-bond donors (Lipinski definition) is 0. The first-order valence-corrected chi connectivity index (χ1v) is 10.5. The van der Waals surface area contributed by atoms with Gasteiger partial charge in [0.2, 0.25) is 0 Å². The summed E-state index contributed by atoms with van der Waals surface area (Å²) in [6.07, 6.45) is 1.61. The molecule has 1 aromatic heterocycles. The van der Waals surface area contributed by atoms with Gasteiger partial charge in [0.25, 0.3) is 0 Å². The smallest absolute Gasteiger partial charge is 0.183 e. The maximum Gasteiger partial charge on any atom is 0.183 e. The van der Waals surface area contributed by atoms with Gasteiger partial charge >= 0.3 is 0 Å². The summed E-state index contributed by atoms with van der Waals surface area (Å²) in [4.78, 5) is 2.59. The lowest BCUT2D eigenvalue weighted by Crippen LogP contribution is -2.25. The van der Waals surface area contributed by atoms with E-state index in [0.29, 0.717) is 24.5 Å². The third kappa shape index (κ3) is 2.71. The van der Waals surface area contributed by atoms with Gasteiger partial charge in [-0.2, -0.15) is 0 Å². The molecule has 2 aliphatic rings. The monoisotopic (exact) mass is 383 g/mol. The molecular weight excluding hydrogens is 365 g/mol. The minimum absolute atomic E-state index is 0.0413. The molecular formula is C21H18FNO3S. The van der Waals surface area contributed by atoms with Gasteiger partial charge in [0.1, 0.15) is 11.6 Å². The van der Waals surface area contributed by atoms with Gasteiger partial charge in [0, 0.05) is 31.1 Å². The average Bonchev–Trinajstić information content (AvgIpc) is 3.36. The van der Waals surface area contributed by atoms with Crippen LogP contribution in [0.25, 0.3) is 11.3 Å². The summed E-state index contributed by atoms with van der Waals surface area (Å²) in [5.41, 5.74) is 2.76. The first kappa shape index (κ1) is 16.7. The van der Waals surface area contributed by atoms with Crippen molar-refractivity contribution in [3.63, 3.8) is 0 Å². The van der Waals surface area contributed by atoms with E-state index < -0.39 is 15.1 Å². The van der Waals surface area contributed by atoms with E-state index in [2.05, 4.69) is 4.90 Å². The molecule has 27 heavy (non-hydrogen) atoms. The van der Waals surface area contributed by atoms with Gasteiger partial charge in [-0.25, -0.2) is 12.8 Å². The van der Waals surface area contributed by atoms with Crippen molar-refractivity contribution >= 4 is 9.84 Å². The van der Waals surface area contributed by atoms with Crippen molar-refractivity contribution in [2.75, 3.05) is 13.1 Å². The van der Waals surface area contributed by atoms with E-state index >= 15 is 0 Å². The summed E-state index contributed by atoms with van der Waals surface area (Å²) < 4.78 is 44.6. The first-order chi connectivity index (χ1) is 13.0. The molecule has 0 N–H and O–H groups in total. The van der Waals surface area contributed by atoms with Crippen LogP contribution in [0, 0.1) is 5.82 Å². The molecule has 5 rings (SSSR count). The Morgan fingerprint density at radius 1 is 1.07 bits per heavy atom. The lowest BCUT2D eigenvalue weighted by Gasteiger charge is -2.17. The minimum atomic E-state index is -3.33. The fourth-order valence-electron chi connectivity index (χ4n) is 4.30. The van der Waals surface area contributed by atoms with Gasteiger partial charge < -0.3 is 4.42 Å². The second kappa shape index (κ2) is 6.04. The van der Waals surface area contributed by atoms with Crippen molar-refractivity contribution in [1.82, 2.24) is 4.90 Å². The summed E-state index contributed by atoms with van der Waals surface area (Å²) in [6, 6.07) is 15.6. The van der Waals surface area contributed by atoms with Gasteiger partial charge in [-0.05, 0) is 53.6 Å². The van der Waals surface area contributed by atoms with Crippen molar-refractivity contribution in [2.24, 2.45) is 0 Å². The number of hydrogen-bond acceptors (Lipinski definition) is 4. The molecule has 0 amide bonds. The molecule has 3 heterocycles. The number of fused-ring (bicyclic) bond motifs is 3.